The van der Waals surface area contributed by atoms with Crippen molar-refractivity contribution >= 4 is 16.8 Å². The third kappa shape index (κ3) is 2.12. The summed E-state index contributed by atoms with van der Waals surface area (Å²) in [5.41, 5.74) is 4.42. The maximum absolute atomic E-state index is 12.9. The molecular formula is C24H20N2O. The first-order valence-corrected chi connectivity index (χ1v) is 9.32. The predicted molar refractivity (Wildman–Crippen MR) is 108 cm³/mol. The lowest BCUT2D eigenvalue weighted by molar-refractivity contribution is 0.0933. The van der Waals surface area contributed by atoms with Crippen LogP contribution >= 0.6 is 0 Å². The molecular weight excluding hydrogens is 332 g/mol. The number of nitrogens with one attached hydrogen (secondary N) is 1. The average Bonchev–Trinajstić information content (AvgIpc) is 3.25. The highest BCUT2D eigenvalue weighted by atomic mass is 16.2. The van der Waals surface area contributed by atoms with Gasteiger partial charge in [-0.1, -0.05) is 73.7 Å². The van der Waals surface area contributed by atoms with Crippen LogP contribution in [0.5, 0.6) is 0 Å². The fourth-order valence-electron chi connectivity index (χ4n) is 4.34. The van der Waals surface area contributed by atoms with Crippen LogP contribution < -0.4 is 5.32 Å². The van der Waals surface area contributed by atoms with Gasteiger partial charge in [0.05, 0.1) is 5.52 Å². The third-order valence-electron chi connectivity index (χ3n) is 5.58. The molecule has 3 nitrogen and oxygen atoms in total. The molecule has 2 heterocycles. The van der Waals surface area contributed by atoms with Crippen molar-refractivity contribution in [3.8, 4) is 0 Å². The van der Waals surface area contributed by atoms with Crippen molar-refractivity contribution < 1.29 is 4.79 Å². The molecule has 3 heteroatoms. The molecule has 0 saturated carbocycles. The van der Waals surface area contributed by atoms with E-state index >= 15 is 0 Å². The van der Waals surface area contributed by atoms with Crippen LogP contribution in [-0.2, 0) is 12.1 Å². The zero-order valence-corrected chi connectivity index (χ0v) is 15.1. The Balaban J connectivity index is 1.92. The van der Waals surface area contributed by atoms with Crippen molar-refractivity contribution in [1.29, 1.82) is 0 Å². The van der Waals surface area contributed by atoms with E-state index in [4.69, 9.17) is 0 Å². The highest BCUT2D eigenvalue weighted by molar-refractivity contribution is 6.01. The number of amides is 1. The number of hydrogen-bond acceptors (Lipinski definition) is 1. The van der Waals surface area contributed by atoms with Gasteiger partial charge in [0, 0.05) is 28.3 Å². The minimum Gasteiger partial charge on any atom is -0.321 e. The minimum atomic E-state index is -0.748. The standard InChI is InChI=1S/C24H20N2O/c1-2-17-16-26(22-15-9-7-12-19(17)22)24(18-10-4-3-5-11-18)21-14-8-6-13-20(21)23(27)25-24/h3-16H,2H2,1H3,(H,25,27)/t24-/m0/s1. The van der Waals surface area contributed by atoms with Crippen LogP contribution in [0.1, 0.15) is 34.0 Å². The van der Waals surface area contributed by atoms with Crippen molar-refractivity contribution in [2.45, 2.75) is 19.0 Å². The predicted octanol–water partition coefficient (Wildman–Crippen LogP) is 4.70. The number of rotatable bonds is 3. The molecule has 0 radical (unpaired) electrons. The molecule has 0 aliphatic carbocycles. The molecule has 4 aromatic rings. The van der Waals surface area contributed by atoms with E-state index in [1.54, 1.807) is 0 Å². The van der Waals surface area contributed by atoms with E-state index in [0.717, 1.165) is 28.6 Å². The summed E-state index contributed by atoms with van der Waals surface area (Å²) in [5, 5.41) is 4.55. The molecule has 27 heavy (non-hydrogen) atoms. The summed E-state index contributed by atoms with van der Waals surface area (Å²) in [4.78, 5) is 12.9. The number of para-hydroxylation sites is 1. The number of carbonyl (C=O) groups is 1. The van der Waals surface area contributed by atoms with Gasteiger partial charge in [0.25, 0.3) is 5.91 Å². The summed E-state index contributed by atoms with van der Waals surface area (Å²) >= 11 is 0. The van der Waals surface area contributed by atoms with Gasteiger partial charge in [0.2, 0.25) is 0 Å². The SMILES string of the molecule is CCc1cn([C@]2(c3ccccc3)NC(=O)c3ccccc32)c2ccccc12. The van der Waals surface area contributed by atoms with Gasteiger partial charge in [-0.15, -0.1) is 0 Å². The number of fused-ring (bicyclic) bond motifs is 2. The first-order chi connectivity index (χ1) is 13.3. The second-order valence-corrected chi connectivity index (χ2v) is 6.97. The Morgan fingerprint density at radius 1 is 0.889 bits per heavy atom. The van der Waals surface area contributed by atoms with Gasteiger partial charge in [-0.2, -0.15) is 0 Å². The van der Waals surface area contributed by atoms with E-state index in [1.807, 2.05) is 36.4 Å². The van der Waals surface area contributed by atoms with E-state index in [0.29, 0.717) is 0 Å². The Bertz CT molecular complexity index is 1160. The fraction of sp³-hybridized carbons (Fsp3) is 0.125. The van der Waals surface area contributed by atoms with E-state index in [-0.39, 0.29) is 5.91 Å². The summed E-state index contributed by atoms with van der Waals surface area (Å²) in [6.45, 7) is 2.17. The zero-order chi connectivity index (χ0) is 18.4. The van der Waals surface area contributed by atoms with Crippen LogP contribution in [-0.4, -0.2) is 10.5 Å². The summed E-state index contributed by atoms with van der Waals surface area (Å²) < 4.78 is 2.24. The van der Waals surface area contributed by atoms with Crippen molar-refractivity contribution in [3.05, 3.63) is 107 Å². The van der Waals surface area contributed by atoms with Gasteiger partial charge in [-0.25, -0.2) is 0 Å². The van der Waals surface area contributed by atoms with Crippen LogP contribution in [0.15, 0.2) is 85.1 Å². The van der Waals surface area contributed by atoms with E-state index in [2.05, 4.69) is 65.5 Å². The lowest BCUT2D eigenvalue weighted by Gasteiger charge is -2.34. The zero-order valence-electron chi connectivity index (χ0n) is 15.1. The Labute approximate surface area is 158 Å². The Morgan fingerprint density at radius 2 is 1.59 bits per heavy atom. The topological polar surface area (TPSA) is 34.0 Å². The molecule has 1 amide bonds. The Kier molecular flexibility index (Phi) is 3.44. The monoisotopic (exact) mass is 352 g/mol. The van der Waals surface area contributed by atoms with Gasteiger partial charge < -0.3 is 9.88 Å². The third-order valence-corrected chi connectivity index (χ3v) is 5.58. The number of benzene rings is 3. The van der Waals surface area contributed by atoms with Gasteiger partial charge in [0.1, 0.15) is 0 Å². The number of nitrogens with zero attached hydrogens (tertiary/aromatic N) is 1. The number of aromatic nitrogens is 1. The molecule has 0 bridgehead atoms. The van der Waals surface area contributed by atoms with Crippen molar-refractivity contribution in [2.24, 2.45) is 0 Å². The van der Waals surface area contributed by atoms with E-state index in [9.17, 15) is 4.79 Å². The van der Waals surface area contributed by atoms with Crippen LogP contribution in [0.4, 0.5) is 0 Å². The summed E-state index contributed by atoms with van der Waals surface area (Å²) in [7, 11) is 0. The maximum Gasteiger partial charge on any atom is 0.254 e. The van der Waals surface area contributed by atoms with Gasteiger partial charge >= 0.3 is 0 Å². The Hall–Kier alpha value is -3.33. The van der Waals surface area contributed by atoms with Crippen molar-refractivity contribution in [2.75, 3.05) is 0 Å². The van der Waals surface area contributed by atoms with Crippen LogP contribution in [0.2, 0.25) is 0 Å². The van der Waals surface area contributed by atoms with E-state index in [1.165, 1.54) is 10.9 Å². The molecule has 0 unspecified atom stereocenters. The maximum atomic E-state index is 12.9. The molecule has 5 rings (SSSR count). The van der Waals surface area contributed by atoms with Crippen LogP contribution in [0.25, 0.3) is 10.9 Å². The summed E-state index contributed by atoms with van der Waals surface area (Å²) in [6, 6.07) is 26.5. The Morgan fingerprint density at radius 3 is 2.41 bits per heavy atom. The number of hydrogen-bond donors (Lipinski definition) is 1. The molecule has 1 aromatic heterocycles. The highest BCUT2D eigenvalue weighted by Gasteiger charge is 2.46. The lowest BCUT2D eigenvalue weighted by Crippen LogP contribution is -2.46. The first kappa shape index (κ1) is 15.9. The van der Waals surface area contributed by atoms with Gasteiger partial charge in [-0.3, -0.25) is 4.79 Å². The molecule has 0 fully saturated rings. The molecule has 0 saturated heterocycles. The normalized spacial score (nSPS) is 18.5. The second kappa shape index (κ2) is 5.85. The molecule has 1 aliphatic rings. The van der Waals surface area contributed by atoms with Crippen LogP contribution in [0.3, 0.4) is 0 Å². The second-order valence-electron chi connectivity index (χ2n) is 6.97. The number of carbonyl (C=O) groups excluding carboxylic acids is 1. The van der Waals surface area contributed by atoms with Gasteiger partial charge in [-0.05, 0) is 24.1 Å². The van der Waals surface area contributed by atoms with Crippen molar-refractivity contribution in [3.63, 3.8) is 0 Å². The summed E-state index contributed by atoms with van der Waals surface area (Å²) in [6.07, 6.45) is 3.13. The molecule has 1 atom stereocenters. The van der Waals surface area contributed by atoms with Crippen molar-refractivity contribution in [1.82, 2.24) is 9.88 Å². The average molecular weight is 352 g/mol. The molecule has 0 spiro atoms. The molecule has 132 valence electrons. The molecule has 1 aliphatic heterocycles. The van der Waals surface area contributed by atoms with Gasteiger partial charge in [0.15, 0.2) is 5.66 Å². The molecule has 3 aromatic carbocycles. The van der Waals surface area contributed by atoms with Crippen LogP contribution in [0, 0.1) is 0 Å². The summed E-state index contributed by atoms with van der Waals surface area (Å²) in [5.74, 6) is -0.0368. The minimum absolute atomic E-state index is 0.0368. The quantitative estimate of drug-likeness (QED) is 0.570. The molecule has 1 N–H and O–H groups in total. The lowest BCUT2D eigenvalue weighted by atomic mass is 9.91. The smallest absolute Gasteiger partial charge is 0.254 e. The number of aryl methyl sites for hydroxylation is 1. The first-order valence-electron chi connectivity index (χ1n) is 9.32. The van der Waals surface area contributed by atoms with E-state index < -0.39 is 5.66 Å². The largest absolute Gasteiger partial charge is 0.321 e. The highest BCUT2D eigenvalue weighted by Crippen LogP contribution is 2.41. The fourth-order valence-corrected chi connectivity index (χ4v) is 4.34.